The van der Waals surface area contributed by atoms with Crippen LogP contribution in [0.3, 0.4) is 0 Å². The molecular formula is C11H14Cl2N2. The molecule has 0 atom stereocenters. The van der Waals surface area contributed by atoms with Crippen LogP contribution >= 0.6 is 23.2 Å². The maximum Gasteiger partial charge on any atom is 0.224 e. The van der Waals surface area contributed by atoms with E-state index in [9.17, 15) is 0 Å². The summed E-state index contributed by atoms with van der Waals surface area (Å²) in [5.74, 6) is 0. The normalized spacial score (nSPS) is 12.1. The minimum atomic E-state index is 0.142. The number of halogens is 2. The van der Waals surface area contributed by atoms with Crippen LogP contribution in [0.5, 0.6) is 0 Å². The average molecular weight is 245 g/mol. The molecule has 0 aliphatic carbocycles. The minimum Gasteiger partial charge on any atom is -0.218 e. The molecule has 0 N–H and O–H groups in total. The van der Waals surface area contributed by atoms with Crippen LogP contribution in [0.4, 0.5) is 0 Å². The maximum absolute atomic E-state index is 5.85. The topological polar surface area (TPSA) is 25.8 Å². The molecule has 1 rings (SSSR count). The van der Waals surface area contributed by atoms with Crippen molar-refractivity contribution in [2.24, 2.45) is 0 Å². The number of hydrogen-bond donors (Lipinski definition) is 0. The van der Waals surface area contributed by atoms with Gasteiger partial charge in [0.15, 0.2) is 0 Å². The molecule has 0 aliphatic rings. The summed E-state index contributed by atoms with van der Waals surface area (Å²) < 4.78 is 0. The molecule has 4 heteroatoms. The van der Waals surface area contributed by atoms with Gasteiger partial charge in [-0.2, -0.15) is 0 Å². The van der Waals surface area contributed by atoms with Gasteiger partial charge in [-0.05, 0) is 24.6 Å². The lowest BCUT2D eigenvalue weighted by molar-refractivity contribution is 1.10. The Bertz CT molecular complexity index is 439. The van der Waals surface area contributed by atoms with E-state index in [1.165, 1.54) is 0 Å². The van der Waals surface area contributed by atoms with Crippen molar-refractivity contribution < 1.29 is 0 Å². The molecular weight excluding hydrogens is 231 g/mol. The number of rotatable bonds is 1. The van der Waals surface area contributed by atoms with Gasteiger partial charge >= 0.3 is 0 Å². The van der Waals surface area contributed by atoms with Crippen LogP contribution in [0.1, 0.15) is 20.8 Å². The smallest absolute Gasteiger partial charge is 0.218 e. The Hall–Kier alpha value is -0.860. The molecule has 0 unspecified atom stereocenters. The van der Waals surface area contributed by atoms with Crippen LogP contribution in [0.25, 0.3) is 12.2 Å². The Morgan fingerprint density at radius 1 is 1.20 bits per heavy atom. The highest BCUT2D eigenvalue weighted by Gasteiger charge is 1.97. The molecule has 15 heavy (non-hydrogen) atoms. The number of nitrogens with zero attached hydrogens (tertiary/aromatic N) is 2. The second-order valence-electron chi connectivity index (χ2n) is 2.27. The van der Waals surface area contributed by atoms with Gasteiger partial charge in [0, 0.05) is 5.22 Å². The standard InChI is InChI=1S/C9H8Cl2N2.C2H6/c1-3-5-7-6(4-2)8(10)13-9(11)12-7;1-2/h3-5H,1H2,2H3;1-2H3/b6-4+,7-5+;. The monoisotopic (exact) mass is 244 g/mol. The van der Waals surface area contributed by atoms with Gasteiger partial charge < -0.3 is 0 Å². The summed E-state index contributed by atoms with van der Waals surface area (Å²) in [6.07, 6.45) is 5.19. The van der Waals surface area contributed by atoms with E-state index in [-0.39, 0.29) is 5.28 Å². The first-order chi connectivity index (χ1) is 7.19. The predicted molar refractivity (Wildman–Crippen MR) is 67.5 cm³/mol. The van der Waals surface area contributed by atoms with Crippen LogP contribution in [0, 0.1) is 0 Å². The van der Waals surface area contributed by atoms with Crippen LogP contribution in [0.2, 0.25) is 10.4 Å². The molecule has 82 valence electrons. The molecule has 2 nitrogen and oxygen atoms in total. The zero-order valence-corrected chi connectivity index (χ0v) is 10.6. The van der Waals surface area contributed by atoms with E-state index in [2.05, 4.69) is 16.5 Å². The van der Waals surface area contributed by atoms with Gasteiger partial charge in [-0.3, -0.25) is 0 Å². The Morgan fingerprint density at radius 3 is 2.27 bits per heavy atom. The number of hydrogen-bond acceptors (Lipinski definition) is 2. The summed E-state index contributed by atoms with van der Waals surface area (Å²) in [5.41, 5.74) is 0. The molecule has 0 amide bonds. The second kappa shape index (κ2) is 7.43. The molecule has 0 saturated carbocycles. The highest BCUT2D eigenvalue weighted by atomic mass is 35.5. The zero-order chi connectivity index (χ0) is 11.8. The molecule has 1 aromatic heterocycles. The number of aromatic nitrogens is 2. The Morgan fingerprint density at radius 2 is 1.80 bits per heavy atom. The van der Waals surface area contributed by atoms with Crippen molar-refractivity contribution in [1.29, 1.82) is 0 Å². The third kappa shape index (κ3) is 4.02. The molecule has 0 bridgehead atoms. The van der Waals surface area contributed by atoms with E-state index in [4.69, 9.17) is 23.2 Å². The molecule has 0 saturated heterocycles. The molecule has 0 aromatic carbocycles. The quantitative estimate of drug-likeness (QED) is 0.561. The number of allylic oxidation sites excluding steroid dienone is 1. The van der Waals surface area contributed by atoms with Crippen molar-refractivity contribution >= 4 is 35.4 Å². The first-order valence-corrected chi connectivity index (χ1v) is 5.42. The SMILES string of the molecule is C=C/C=c1/nc(Cl)nc(Cl)/c1=C/C.CC. The van der Waals surface area contributed by atoms with Crippen LogP contribution < -0.4 is 10.6 Å². The van der Waals surface area contributed by atoms with Gasteiger partial charge in [0.25, 0.3) is 0 Å². The van der Waals surface area contributed by atoms with E-state index in [0.717, 1.165) is 5.22 Å². The largest absolute Gasteiger partial charge is 0.224 e. The summed E-state index contributed by atoms with van der Waals surface area (Å²) in [6.45, 7) is 9.43. The molecule has 0 spiro atoms. The van der Waals surface area contributed by atoms with E-state index in [0.29, 0.717) is 10.5 Å². The fourth-order valence-electron chi connectivity index (χ4n) is 0.937. The molecule has 1 heterocycles. The first-order valence-electron chi connectivity index (χ1n) is 4.67. The van der Waals surface area contributed by atoms with Crippen molar-refractivity contribution in [2.45, 2.75) is 20.8 Å². The summed E-state index contributed by atoms with van der Waals surface area (Å²) >= 11 is 11.5. The zero-order valence-electron chi connectivity index (χ0n) is 9.09. The summed E-state index contributed by atoms with van der Waals surface area (Å²) in [6, 6.07) is 0. The lowest BCUT2D eigenvalue weighted by Crippen LogP contribution is -2.30. The lowest BCUT2D eigenvalue weighted by Gasteiger charge is -1.93. The van der Waals surface area contributed by atoms with Crippen molar-refractivity contribution in [3.63, 3.8) is 0 Å². The third-order valence-electron chi connectivity index (χ3n) is 1.47. The second-order valence-corrected chi connectivity index (χ2v) is 2.97. The van der Waals surface area contributed by atoms with Gasteiger partial charge in [0.05, 0.1) is 5.35 Å². The molecule has 0 aliphatic heterocycles. The van der Waals surface area contributed by atoms with E-state index < -0.39 is 0 Å². The highest BCUT2D eigenvalue weighted by molar-refractivity contribution is 6.31. The maximum atomic E-state index is 5.85. The minimum absolute atomic E-state index is 0.142. The summed E-state index contributed by atoms with van der Waals surface area (Å²) in [4.78, 5) is 7.83. The lowest BCUT2D eigenvalue weighted by atomic mass is 10.3. The van der Waals surface area contributed by atoms with Crippen LogP contribution in [-0.2, 0) is 0 Å². The van der Waals surface area contributed by atoms with Gasteiger partial charge in [0.2, 0.25) is 5.28 Å². The molecule has 1 aromatic rings. The Balaban J connectivity index is 0.000000921. The van der Waals surface area contributed by atoms with Crippen LogP contribution in [0.15, 0.2) is 12.7 Å². The van der Waals surface area contributed by atoms with E-state index in [1.807, 2.05) is 26.8 Å². The molecule has 0 fully saturated rings. The first kappa shape index (κ1) is 14.1. The van der Waals surface area contributed by atoms with E-state index in [1.54, 1.807) is 12.2 Å². The van der Waals surface area contributed by atoms with Crippen LogP contribution in [-0.4, -0.2) is 9.97 Å². The Labute approximate surface area is 100.0 Å². The fraction of sp³-hybridized carbons (Fsp3) is 0.273. The Kier molecular flexibility index (Phi) is 7.01. The predicted octanol–water partition coefficient (Wildman–Crippen LogP) is 2.58. The van der Waals surface area contributed by atoms with Gasteiger partial charge in [-0.15, -0.1) is 0 Å². The van der Waals surface area contributed by atoms with Gasteiger partial charge in [0.1, 0.15) is 5.15 Å². The van der Waals surface area contributed by atoms with Gasteiger partial charge in [-0.1, -0.05) is 44.2 Å². The van der Waals surface area contributed by atoms with Gasteiger partial charge in [-0.25, -0.2) is 9.97 Å². The van der Waals surface area contributed by atoms with Crippen molar-refractivity contribution in [3.8, 4) is 0 Å². The van der Waals surface area contributed by atoms with E-state index >= 15 is 0 Å². The van der Waals surface area contributed by atoms with Crippen molar-refractivity contribution in [2.75, 3.05) is 0 Å². The highest BCUT2D eigenvalue weighted by Crippen LogP contribution is 1.98. The average Bonchev–Trinajstić information content (AvgIpc) is 2.21. The van der Waals surface area contributed by atoms with Crippen molar-refractivity contribution in [3.05, 3.63) is 33.7 Å². The fourth-order valence-corrected chi connectivity index (χ4v) is 1.44. The molecule has 0 radical (unpaired) electrons. The van der Waals surface area contributed by atoms with Crippen molar-refractivity contribution in [1.82, 2.24) is 9.97 Å². The third-order valence-corrected chi connectivity index (χ3v) is 1.92. The summed E-state index contributed by atoms with van der Waals surface area (Å²) in [5, 5.41) is 1.95. The summed E-state index contributed by atoms with van der Waals surface area (Å²) in [7, 11) is 0.